The van der Waals surface area contributed by atoms with Crippen LogP contribution in [0.25, 0.3) is 0 Å². The molecule has 1 aliphatic heterocycles. The van der Waals surface area contributed by atoms with E-state index in [0.29, 0.717) is 6.42 Å². The fourth-order valence-corrected chi connectivity index (χ4v) is 2.66. The molecule has 6 nitrogen and oxygen atoms in total. The first-order valence-corrected chi connectivity index (χ1v) is 7.34. The zero-order chi connectivity index (χ0) is 15.1. The molecule has 0 spiro atoms. The normalized spacial score (nSPS) is 16.9. The summed E-state index contributed by atoms with van der Waals surface area (Å²) < 4.78 is 0. The molecule has 0 aliphatic carbocycles. The van der Waals surface area contributed by atoms with Gasteiger partial charge in [0.2, 0.25) is 5.91 Å². The summed E-state index contributed by atoms with van der Waals surface area (Å²) in [4.78, 5) is 16.1. The van der Waals surface area contributed by atoms with Crippen molar-refractivity contribution >= 4 is 5.91 Å². The predicted molar refractivity (Wildman–Crippen MR) is 81.3 cm³/mol. The number of nitrogens with zero attached hydrogens (tertiary/aromatic N) is 2. The lowest BCUT2D eigenvalue weighted by Crippen LogP contribution is -2.46. The molecule has 0 saturated carbocycles. The van der Waals surface area contributed by atoms with Gasteiger partial charge in [-0.25, -0.2) is 5.84 Å². The second kappa shape index (κ2) is 8.09. The van der Waals surface area contributed by atoms with Crippen molar-refractivity contribution in [2.45, 2.75) is 13.0 Å². The summed E-state index contributed by atoms with van der Waals surface area (Å²) in [6.45, 7) is 5.74. The summed E-state index contributed by atoms with van der Waals surface area (Å²) in [7, 11) is 0. The van der Waals surface area contributed by atoms with Crippen LogP contribution < -0.4 is 11.3 Å². The lowest BCUT2D eigenvalue weighted by molar-refractivity contribution is -0.120. The minimum atomic E-state index is -0.171. The third kappa shape index (κ3) is 4.78. The van der Waals surface area contributed by atoms with Crippen molar-refractivity contribution in [1.82, 2.24) is 15.2 Å². The number of aliphatic hydroxyl groups excluding tert-OH is 1. The molecule has 1 aromatic carbocycles. The number of β-amino-alcohol motifs (C(OH)–C–C–N with tert-alkyl or cyclic N) is 1. The average Bonchev–Trinajstić information content (AvgIpc) is 2.51. The van der Waals surface area contributed by atoms with Gasteiger partial charge >= 0.3 is 0 Å². The second-order valence-electron chi connectivity index (χ2n) is 5.35. The number of hydrazine groups is 1. The molecule has 1 fully saturated rings. The molecule has 4 N–H and O–H groups in total. The molecule has 0 atom stereocenters. The highest BCUT2D eigenvalue weighted by molar-refractivity contribution is 5.78. The van der Waals surface area contributed by atoms with Crippen LogP contribution in [0.2, 0.25) is 0 Å². The van der Waals surface area contributed by atoms with Crippen molar-refractivity contribution < 1.29 is 9.90 Å². The quantitative estimate of drug-likeness (QED) is 0.368. The number of benzene rings is 1. The molecule has 1 aliphatic rings. The van der Waals surface area contributed by atoms with Crippen molar-refractivity contribution in [1.29, 1.82) is 0 Å². The Morgan fingerprint density at radius 2 is 1.76 bits per heavy atom. The van der Waals surface area contributed by atoms with Crippen LogP contribution in [-0.4, -0.2) is 60.1 Å². The minimum Gasteiger partial charge on any atom is -0.395 e. The first-order valence-electron chi connectivity index (χ1n) is 7.34. The van der Waals surface area contributed by atoms with E-state index in [0.717, 1.165) is 44.8 Å². The number of rotatable bonds is 6. The molecule has 21 heavy (non-hydrogen) atoms. The fourth-order valence-electron chi connectivity index (χ4n) is 2.66. The van der Waals surface area contributed by atoms with E-state index in [1.807, 2.05) is 18.2 Å². The van der Waals surface area contributed by atoms with E-state index in [-0.39, 0.29) is 12.5 Å². The van der Waals surface area contributed by atoms with Gasteiger partial charge in [0.15, 0.2) is 0 Å². The number of nitrogens with one attached hydrogen (secondary N) is 1. The van der Waals surface area contributed by atoms with E-state index in [1.54, 1.807) is 0 Å². The van der Waals surface area contributed by atoms with Gasteiger partial charge in [0.1, 0.15) is 0 Å². The van der Waals surface area contributed by atoms with Crippen molar-refractivity contribution in [3.63, 3.8) is 0 Å². The van der Waals surface area contributed by atoms with E-state index in [9.17, 15) is 4.79 Å². The molecule has 116 valence electrons. The van der Waals surface area contributed by atoms with Crippen molar-refractivity contribution in [2.24, 2.45) is 5.84 Å². The Morgan fingerprint density at radius 1 is 1.14 bits per heavy atom. The smallest absolute Gasteiger partial charge is 0.238 e. The molecule has 1 amide bonds. The monoisotopic (exact) mass is 292 g/mol. The summed E-state index contributed by atoms with van der Waals surface area (Å²) in [6, 6.07) is 7.99. The lowest BCUT2D eigenvalue weighted by Gasteiger charge is -2.34. The zero-order valence-corrected chi connectivity index (χ0v) is 12.3. The summed E-state index contributed by atoms with van der Waals surface area (Å²) in [5, 5.41) is 8.96. The van der Waals surface area contributed by atoms with Crippen LogP contribution in [0.1, 0.15) is 11.1 Å². The number of aliphatic hydroxyl groups is 1. The van der Waals surface area contributed by atoms with Crippen molar-refractivity contribution in [2.75, 3.05) is 39.3 Å². The third-order valence-electron chi connectivity index (χ3n) is 3.91. The van der Waals surface area contributed by atoms with Gasteiger partial charge in [0.25, 0.3) is 0 Å². The Balaban J connectivity index is 1.92. The number of hydrogen-bond donors (Lipinski definition) is 3. The van der Waals surface area contributed by atoms with Gasteiger partial charge in [-0.05, 0) is 11.1 Å². The Hall–Kier alpha value is -1.47. The van der Waals surface area contributed by atoms with Crippen LogP contribution in [-0.2, 0) is 17.8 Å². The summed E-state index contributed by atoms with van der Waals surface area (Å²) in [5.41, 5.74) is 4.38. The maximum atomic E-state index is 11.5. The number of amides is 1. The molecule has 2 rings (SSSR count). The number of hydrogen-bond acceptors (Lipinski definition) is 5. The van der Waals surface area contributed by atoms with Crippen molar-refractivity contribution in [3.05, 3.63) is 35.4 Å². The highest BCUT2D eigenvalue weighted by atomic mass is 16.3. The summed E-state index contributed by atoms with van der Waals surface area (Å²) >= 11 is 0. The Kier molecular flexibility index (Phi) is 6.13. The van der Waals surface area contributed by atoms with E-state index in [2.05, 4.69) is 21.3 Å². The maximum Gasteiger partial charge on any atom is 0.238 e. The maximum absolute atomic E-state index is 11.5. The third-order valence-corrected chi connectivity index (χ3v) is 3.91. The molecule has 0 radical (unpaired) electrons. The van der Waals surface area contributed by atoms with Crippen LogP contribution in [0.15, 0.2) is 24.3 Å². The Labute approximate surface area is 125 Å². The van der Waals surface area contributed by atoms with E-state index in [1.165, 1.54) is 5.56 Å². The van der Waals surface area contributed by atoms with Gasteiger partial charge in [0.05, 0.1) is 13.0 Å². The second-order valence-corrected chi connectivity index (χ2v) is 5.35. The lowest BCUT2D eigenvalue weighted by atomic mass is 10.0. The molecule has 6 heteroatoms. The number of carbonyl (C=O) groups is 1. The summed E-state index contributed by atoms with van der Waals surface area (Å²) in [5.74, 6) is 4.99. The molecule has 1 heterocycles. The first-order chi connectivity index (χ1) is 10.2. The van der Waals surface area contributed by atoms with Crippen LogP contribution in [0.4, 0.5) is 0 Å². The van der Waals surface area contributed by atoms with Crippen LogP contribution in [0.5, 0.6) is 0 Å². The topological polar surface area (TPSA) is 81.8 Å². The predicted octanol–water partition coefficient (Wildman–Crippen LogP) is -0.671. The fraction of sp³-hybridized carbons (Fsp3) is 0.533. The largest absolute Gasteiger partial charge is 0.395 e. The van der Waals surface area contributed by atoms with Gasteiger partial charge in [-0.1, -0.05) is 24.3 Å². The van der Waals surface area contributed by atoms with Gasteiger partial charge in [-0.2, -0.15) is 0 Å². The van der Waals surface area contributed by atoms with Gasteiger partial charge in [-0.15, -0.1) is 0 Å². The van der Waals surface area contributed by atoms with E-state index in [4.69, 9.17) is 10.9 Å². The van der Waals surface area contributed by atoms with E-state index < -0.39 is 0 Å². The number of carbonyl (C=O) groups excluding carboxylic acids is 1. The highest BCUT2D eigenvalue weighted by Gasteiger charge is 2.17. The highest BCUT2D eigenvalue weighted by Crippen LogP contribution is 2.14. The first kappa shape index (κ1) is 15.9. The van der Waals surface area contributed by atoms with Gasteiger partial charge < -0.3 is 5.11 Å². The average molecular weight is 292 g/mol. The minimum absolute atomic E-state index is 0.171. The van der Waals surface area contributed by atoms with E-state index >= 15 is 0 Å². The molecule has 1 aromatic rings. The molecule has 0 aromatic heterocycles. The molecule has 0 unspecified atom stereocenters. The van der Waals surface area contributed by atoms with Gasteiger partial charge in [-0.3, -0.25) is 20.0 Å². The molecule has 1 saturated heterocycles. The zero-order valence-electron chi connectivity index (χ0n) is 12.3. The Bertz CT molecular complexity index is 459. The van der Waals surface area contributed by atoms with Crippen LogP contribution in [0, 0.1) is 0 Å². The van der Waals surface area contributed by atoms with Crippen LogP contribution >= 0.6 is 0 Å². The van der Waals surface area contributed by atoms with Crippen molar-refractivity contribution in [3.8, 4) is 0 Å². The number of piperazine rings is 1. The molecule has 0 bridgehead atoms. The number of nitrogens with two attached hydrogens (primary N) is 1. The SMILES string of the molecule is NNC(=O)Cc1ccccc1CN1CCN(CCO)CC1. The standard InChI is InChI=1S/C15H24N4O2/c16-17-15(21)11-13-3-1-2-4-14(13)12-19-7-5-18(6-8-19)9-10-20/h1-4,20H,5-12,16H2,(H,17,21). The molecular formula is C15H24N4O2. The van der Waals surface area contributed by atoms with Gasteiger partial charge in [0, 0.05) is 39.3 Å². The summed E-state index contributed by atoms with van der Waals surface area (Å²) in [6.07, 6.45) is 0.317. The van der Waals surface area contributed by atoms with Crippen LogP contribution in [0.3, 0.4) is 0 Å². The Morgan fingerprint density at radius 3 is 2.38 bits per heavy atom. The molecular weight excluding hydrogens is 268 g/mol.